The number of anilines is 1. The molecular weight excluding hydrogens is 604 g/mol. The van der Waals surface area contributed by atoms with Gasteiger partial charge >= 0.3 is 0 Å². The van der Waals surface area contributed by atoms with Crippen LogP contribution in [0.2, 0.25) is 0 Å². The molecule has 1 heterocycles. The number of aliphatic hydroxyl groups is 4. The second kappa shape index (κ2) is 11.1. The monoisotopic (exact) mass is 642 g/mol. The SMILES string of the molecule is CC1c2ccc(NC(=O)CC3CCSNC3C3CC3)c(O)c2C(=O)C2=C(O)[C@]3(O)C(=O)C(C(N)=O)=C(O)[C@@H](N(C)C)C3C(O)C21. The Kier molecular flexibility index (Phi) is 7.80. The van der Waals surface area contributed by atoms with E-state index in [1.165, 1.54) is 25.1 Å². The maximum Gasteiger partial charge on any atom is 0.255 e. The molecule has 0 bridgehead atoms. The van der Waals surface area contributed by atoms with Gasteiger partial charge in [-0.25, -0.2) is 0 Å². The molecule has 2 amide bonds. The molecule has 1 aliphatic heterocycles. The van der Waals surface area contributed by atoms with Crippen LogP contribution in [0.5, 0.6) is 5.75 Å². The number of hydrogen-bond acceptors (Lipinski definition) is 12. The zero-order chi connectivity index (χ0) is 32.7. The second-order valence-corrected chi connectivity index (χ2v) is 14.0. The average molecular weight is 643 g/mol. The molecule has 0 radical (unpaired) electrons. The van der Waals surface area contributed by atoms with Crippen LogP contribution < -0.4 is 15.8 Å². The van der Waals surface area contributed by atoms with Crippen molar-refractivity contribution in [2.75, 3.05) is 25.2 Å². The molecule has 13 nitrogen and oxygen atoms in total. The predicted octanol–water partition coefficient (Wildman–Crippen LogP) is 1.02. The number of aliphatic hydroxyl groups excluding tert-OH is 3. The molecule has 1 saturated heterocycles. The summed E-state index contributed by atoms with van der Waals surface area (Å²) < 4.78 is 3.45. The minimum atomic E-state index is -2.99. The van der Waals surface area contributed by atoms with E-state index in [1.54, 1.807) is 24.9 Å². The molecule has 5 aliphatic rings. The number of fused-ring (bicyclic) bond motifs is 3. The minimum Gasteiger partial charge on any atom is -0.510 e. The lowest BCUT2D eigenvalue weighted by molar-refractivity contribution is -0.162. The smallest absolute Gasteiger partial charge is 0.255 e. The van der Waals surface area contributed by atoms with Gasteiger partial charge in [0.2, 0.25) is 11.7 Å². The number of rotatable bonds is 6. The van der Waals surface area contributed by atoms with Crippen LogP contribution in [0.25, 0.3) is 0 Å². The summed E-state index contributed by atoms with van der Waals surface area (Å²) in [6, 6.07) is 1.93. The highest BCUT2D eigenvalue weighted by molar-refractivity contribution is 7.97. The number of Topliss-reactive ketones (excluding diaryl/α,β-unsaturated/α-hetero) is 2. The van der Waals surface area contributed by atoms with Crippen molar-refractivity contribution < 1.29 is 44.7 Å². The third-order valence-corrected chi connectivity index (χ3v) is 11.2. The first kappa shape index (κ1) is 31.5. The van der Waals surface area contributed by atoms with Gasteiger partial charge in [0.15, 0.2) is 17.1 Å². The summed E-state index contributed by atoms with van der Waals surface area (Å²) in [7, 11) is 2.96. The van der Waals surface area contributed by atoms with Gasteiger partial charge in [-0.2, -0.15) is 0 Å². The Balaban J connectivity index is 1.38. The summed E-state index contributed by atoms with van der Waals surface area (Å²) in [4.78, 5) is 54.3. The highest BCUT2D eigenvalue weighted by Crippen LogP contribution is 2.56. The molecule has 2 fully saturated rings. The van der Waals surface area contributed by atoms with Gasteiger partial charge < -0.3 is 36.6 Å². The Morgan fingerprint density at radius 2 is 1.84 bits per heavy atom. The highest BCUT2D eigenvalue weighted by atomic mass is 32.2. The van der Waals surface area contributed by atoms with Crippen molar-refractivity contribution in [1.82, 2.24) is 9.62 Å². The summed E-state index contributed by atoms with van der Waals surface area (Å²) in [6.07, 6.45) is 1.67. The minimum absolute atomic E-state index is 0.0165. The molecule has 45 heavy (non-hydrogen) atoms. The molecule has 6 unspecified atom stereocenters. The number of aromatic hydroxyl groups is 1. The number of primary amides is 1. The van der Waals surface area contributed by atoms with E-state index >= 15 is 0 Å². The van der Waals surface area contributed by atoms with E-state index in [-0.39, 0.29) is 35.5 Å². The number of likely N-dealkylation sites (N-methyl/N-ethyl adjacent to an activating group) is 1. The summed E-state index contributed by atoms with van der Waals surface area (Å²) in [5, 5.41) is 60.1. The van der Waals surface area contributed by atoms with Gasteiger partial charge in [-0.3, -0.25) is 28.8 Å². The highest BCUT2D eigenvalue weighted by Gasteiger charge is 2.67. The number of amides is 2. The number of ketones is 2. The van der Waals surface area contributed by atoms with Crippen LogP contribution in [0.3, 0.4) is 0 Å². The molecule has 242 valence electrons. The van der Waals surface area contributed by atoms with E-state index < -0.39 is 81.4 Å². The van der Waals surface area contributed by atoms with E-state index in [1.807, 2.05) is 0 Å². The Bertz CT molecular complexity index is 1570. The third-order valence-electron chi connectivity index (χ3n) is 10.3. The summed E-state index contributed by atoms with van der Waals surface area (Å²) in [5.41, 5.74) is 0.978. The van der Waals surface area contributed by atoms with Crippen molar-refractivity contribution in [3.05, 3.63) is 45.9 Å². The third kappa shape index (κ3) is 4.68. The normalized spacial score (nSPS) is 34.8. The molecule has 14 heteroatoms. The van der Waals surface area contributed by atoms with Crippen molar-refractivity contribution in [3.63, 3.8) is 0 Å². The first-order valence-corrected chi connectivity index (χ1v) is 16.1. The van der Waals surface area contributed by atoms with E-state index in [4.69, 9.17) is 5.73 Å². The maximum atomic E-state index is 14.1. The van der Waals surface area contributed by atoms with Crippen LogP contribution in [0.15, 0.2) is 34.8 Å². The predicted molar refractivity (Wildman–Crippen MR) is 163 cm³/mol. The molecule has 6 rings (SSSR count). The summed E-state index contributed by atoms with van der Waals surface area (Å²) in [5.74, 6) is -8.44. The Labute approximate surface area is 263 Å². The molecule has 8 atom stereocenters. The fourth-order valence-electron chi connectivity index (χ4n) is 7.97. The Hall–Kier alpha value is -3.43. The standard InChI is InChI=1S/C31H38N4O9S/c1-11-14-6-7-15(33-16(36)10-13-8-9-45-34-22(13)12-4-5-12)24(37)18(14)25(38)19-17(11)26(39)21-23(35(2)3)27(40)20(30(32)43)29(42)31(21,44)28(19)41/h6-7,11-13,17,21-23,26,34,37,39-41,44H,4-5,8-10H2,1-3H3,(H2,32,43)(H,33,36)/t11?,13?,17?,21?,22?,23-,26?,31-/m0/s1. The summed E-state index contributed by atoms with van der Waals surface area (Å²) >= 11 is 1.66. The lowest BCUT2D eigenvalue weighted by atomic mass is 9.55. The van der Waals surface area contributed by atoms with Crippen LogP contribution in [-0.2, 0) is 14.4 Å². The number of carbonyl (C=O) groups excluding carboxylic acids is 4. The number of phenolic OH excluding ortho intramolecular Hbond substituents is 1. The number of nitrogens with two attached hydrogens (primary N) is 1. The van der Waals surface area contributed by atoms with Crippen molar-refractivity contribution in [2.24, 2.45) is 29.4 Å². The van der Waals surface area contributed by atoms with Crippen molar-refractivity contribution in [1.29, 1.82) is 0 Å². The molecule has 1 aromatic rings. The zero-order valence-corrected chi connectivity index (χ0v) is 25.9. The maximum absolute atomic E-state index is 14.1. The van der Waals surface area contributed by atoms with Crippen molar-refractivity contribution in [2.45, 2.75) is 62.3 Å². The lowest BCUT2D eigenvalue weighted by Gasteiger charge is -2.53. The molecule has 0 aromatic heterocycles. The van der Waals surface area contributed by atoms with Crippen LogP contribution in [0.4, 0.5) is 5.69 Å². The number of benzene rings is 1. The van der Waals surface area contributed by atoms with Gasteiger partial charge in [0.05, 0.1) is 29.3 Å². The second-order valence-electron chi connectivity index (χ2n) is 13.1. The fourth-order valence-corrected chi connectivity index (χ4v) is 9.09. The Morgan fingerprint density at radius 1 is 1.16 bits per heavy atom. The van der Waals surface area contributed by atoms with E-state index in [9.17, 15) is 44.7 Å². The van der Waals surface area contributed by atoms with E-state index in [2.05, 4.69) is 10.0 Å². The first-order valence-electron chi connectivity index (χ1n) is 15.1. The van der Waals surface area contributed by atoms with Crippen LogP contribution in [-0.4, -0.2) is 97.5 Å². The van der Waals surface area contributed by atoms with Gasteiger partial charge in [-0.05, 0) is 62.7 Å². The van der Waals surface area contributed by atoms with Crippen LogP contribution in [0, 0.1) is 23.7 Å². The average Bonchev–Trinajstić information content (AvgIpc) is 3.82. The van der Waals surface area contributed by atoms with Crippen LogP contribution in [0.1, 0.15) is 54.4 Å². The van der Waals surface area contributed by atoms with Crippen molar-refractivity contribution in [3.8, 4) is 5.75 Å². The fraction of sp³-hybridized carbons (Fsp3) is 0.548. The molecule has 1 aromatic carbocycles. The lowest BCUT2D eigenvalue weighted by Crippen LogP contribution is -2.68. The topological polar surface area (TPSA) is 223 Å². The zero-order valence-electron chi connectivity index (χ0n) is 25.1. The van der Waals surface area contributed by atoms with Crippen LogP contribution >= 0.6 is 11.9 Å². The number of nitrogens with zero attached hydrogens (tertiary/aromatic N) is 1. The number of phenols is 1. The van der Waals surface area contributed by atoms with Gasteiger partial charge in [-0.15, -0.1) is 0 Å². The Morgan fingerprint density at radius 3 is 2.47 bits per heavy atom. The number of hydrogen-bond donors (Lipinski definition) is 8. The molecule has 0 spiro atoms. The molecule has 4 aliphatic carbocycles. The van der Waals surface area contributed by atoms with Gasteiger partial charge in [-0.1, -0.05) is 24.9 Å². The van der Waals surface area contributed by atoms with Gasteiger partial charge in [0, 0.05) is 29.7 Å². The molecular formula is C31H38N4O9S. The molecule has 9 N–H and O–H groups in total. The van der Waals surface area contributed by atoms with Crippen molar-refractivity contribution >= 4 is 41.0 Å². The first-order chi connectivity index (χ1) is 21.2. The van der Waals surface area contributed by atoms with Gasteiger partial charge in [0.1, 0.15) is 17.1 Å². The summed E-state index contributed by atoms with van der Waals surface area (Å²) in [6.45, 7) is 1.65. The number of carbonyl (C=O) groups is 4. The molecule has 1 saturated carbocycles. The number of nitrogens with one attached hydrogen (secondary N) is 2. The quantitative estimate of drug-likeness (QED) is 0.124. The van der Waals surface area contributed by atoms with E-state index in [0.717, 1.165) is 25.0 Å². The van der Waals surface area contributed by atoms with Gasteiger partial charge in [0.25, 0.3) is 5.91 Å². The van der Waals surface area contributed by atoms with E-state index in [0.29, 0.717) is 11.5 Å². The largest absolute Gasteiger partial charge is 0.510 e.